The van der Waals surface area contributed by atoms with E-state index in [1.54, 1.807) is 20.0 Å². The number of aromatic nitrogens is 2. The molecule has 6 heteroatoms. The van der Waals surface area contributed by atoms with Crippen LogP contribution in [-0.2, 0) is 7.05 Å². The molecule has 2 aromatic rings. The van der Waals surface area contributed by atoms with E-state index in [4.69, 9.17) is 10.5 Å². The van der Waals surface area contributed by atoms with Crippen molar-refractivity contribution in [3.05, 3.63) is 40.8 Å². The molecular weight excluding hydrogens is 245 g/mol. The molecule has 94 valence electrons. The third-order valence-corrected chi connectivity index (χ3v) is 2.68. The Balaban J connectivity index is 2.43. The first-order valence-electron chi connectivity index (χ1n) is 5.47. The molecule has 0 bridgehead atoms. The minimum atomic E-state index is -0.574. The number of anilines is 2. The average molecular weight is 255 g/mol. The van der Waals surface area contributed by atoms with Gasteiger partial charge >= 0.3 is 0 Å². The maximum absolute atomic E-state index is 13.2. The number of nitrogens with one attached hydrogen (secondary N) is 1. The Morgan fingerprint density at radius 2 is 2.05 bits per heavy atom. The molecule has 1 aromatic heterocycles. The summed E-state index contributed by atoms with van der Waals surface area (Å²) in [7, 11) is 1.70. The predicted molar refractivity (Wildman–Crippen MR) is 67.1 cm³/mol. The molecule has 0 radical (unpaired) electrons. The van der Waals surface area contributed by atoms with E-state index in [9.17, 15) is 4.39 Å². The van der Waals surface area contributed by atoms with Crippen molar-refractivity contribution in [3.8, 4) is 12.1 Å². The molecule has 0 unspecified atom stereocenters. The SMILES string of the molecule is Cc1nn(C)c(Nc2ccc(F)c(C#N)c2)c1C#N. The van der Waals surface area contributed by atoms with Crippen molar-refractivity contribution in [1.82, 2.24) is 9.78 Å². The molecule has 0 aliphatic carbocycles. The Morgan fingerprint density at radius 1 is 1.32 bits per heavy atom. The normalized spacial score (nSPS) is 9.74. The smallest absolute Gasteiger partial charge is 0.146 e. The molecular formula is C13H10FN5. The monoisotopic (exact) mass is 255 g/mol. The summed E-state index contributed by atoms with van der Waals surface area (Å²) >= 11 is 0. The lowest BCUT2D eigenvalue weighted by Gasteiger charge is -2.07. The Labute approximate surface area is 109 Å². The molecule has 0 saturated carbocycles. The van der Waals surface area contributed by atoms with Crippen LogP contribution in [0.4, 0.5) is 15.9 Å². The van der Waals surface area contributed by atoms with Crippen molar-refractivity contribution in [2.45, 2.75) is 6.92 Å². The van der Waals surface area contributed by atoms with Crippen molar-refractivity contribution in [2.24, 2.45) is 7.05 Å². The van der Waals surface area contributed by atoms with Gasteiger partial charge in [-0.3, -0.25) is 4.68 Å². The van der Waals surface area contributed by atoms with Gasteiger partial charge in [-0.05, 0) is 25.1 Å². The number of hydrogen-bond donors (Lipinski definition) is 1. The van der Waals surface area contributed by atoms with Gasteiger partial charge in [-0.1, -0.05) is 0 Å². The van der Waals surface area contributed by atoms with Crippen LogP contribution in [0, 0.1) is 35.4 Å². The van der Waals surface area contributed by atoms with Crippen molar-refractivity contribution in [2.75, 3.05) is 5.32 Å². The Morgan fingerprint density at radius 3 is 2.68 bits per heavy atom. The Kier molecular flexibility index (Phi) is 3.17. The summed E-state index contributed by atoms with van der Waals surface area (Å²) in [5.41, 5.74) is 1.50. The number of aryl methyl sites for hydroxylation is 2. The van der Waals surface area contributed by atoms with Gasteiger partial charge in [-0.15, -0.1) is 0 Å². The van der Waals surface area contributed by atoms with Crippen LogP contribution >= 0.6 is 0 Å². The highest BCUT2D eigenvalue weighted by atomic mass is 19.1. The average Bonchev–Trinajstić information content (AvgIpc) is 2.66. The van der Waals surface area contributed by atoms with Gasteiger partial charge in [-0.2, -0.15) is 15.6 Å². The zero-order valence-corrected chi connectivity index (χ0v) is 10.4. The number of rotatable bonds is 2. The lowest BCUT2D eigenvalue weighted by Crippen LogP contribution is -2.01. The van der Waals surface area contributed by atoms with Gasteiger partial charge in [0.25, 0.3) is 0 Å². The van der Waals surface area contributed by atoms with E-state index >= 15 is 0 Å². The minimum absolute atomic E-state index is 0.0533. The van der Waals surface area contributed by atoms with Crippen molar-refractivity contribution >= 4 is 11.5 Å². The molecule has 5 nitrogen and oxygen atoms in total. The summed E-state index contributed by atoms with van der Waals surface area (Å²) in [5.74, 6) is -0.0646. The zero-order chi connectivity index (χ0) is 14.0. The van der Waals surface area contributed by atoms with Crippen LogP contribution < -0.4 is 5.32 Å². The third-order valence-electron chi connectivity index (χ3n) is 2.68. The van der Waals surface area contributed by atoms with Crippen LogP contribution in [0.5, 0.6) is 0 Å². The fourth-order valence-corrected chi connectivity index (χ4v) is 1.76. The standard InChI is InChI=1S/C13H10FN5/c1-8-11(7-16)13(19(2)18-8)17-10-3-4-12(14)9(5-10)6-15/h3-5,17H,1-2H3. The molecule has 0 atom stereocenters. The van der Waals surface area contributed by atoms with Gasteiger partial charge < -0.3 is 5.32 Å². The minimum Gasteiger partial charge on any atom is -0.339 e. The molecule has 0 fully saturated rings. The number of benzene rings is 1. The quantitative estimate of drug-likeness (QED) is 0.893. The molecule has 1 heterocycles. The van der Waals surface area contributed by atoms with Gasteiger partial charge in [0.05, 0.1) is 11.3 Å². The first-order valence-corrected chi connectivity index (χ1v) is 5.47. The van der Waals surface area contributed by atoms with Crippen LogP contribution in [0.25, 0.3) is 0 Å². The first kappa shape index (κ1) is 12.6. The highest BCUT2D eigenvalue weighted by Crippen LogP contribution is 2.23. The van der Waals surface area contributed by atoms with E-state index in [1.165, 1.54) is 22.9 Å². The lowest BCUT2D eigenvalue weighted by atomic mass is 10.2. The molecule has 1 aromatic carbocycles. The van der Waals surface area contributed by atoms with Gasteiger partial charge in [0, 0.05) is 12.7 Å². The second-order valence-electron chi connectivity index (χ2n) is 3.98. The molecule has 0 saturated heterocycles. The maximum atomic E-state index is 13.2. The lowest BCUT2D eigenvalue weighted by molar-refractivity contribution is 0.624. The number of hydrogen-bond acceptors (Lipinski definition) is 4. The summed E-state index contributed by atoms with van der Waals surface area (Å²) in [4.78, 5) is 0. The molecule has 0 aliphatic rings. The summed E-state index contributed by atoms with van der Waals surface area (Å²) in [5, 5.41) is 25.0. The van der Waals surface area contributed by atoms with E-state index in [0.717, 1.165) is 0 Å². The molecule has 0 spiro atoms. The maximum Gasteiger partial charge on any atom is 0.146 e. The van der Waals surface area contributed by atoms with Crippen molar-refractivity contribution in [1.29, 1.82) is 10.5 Å². The van der Waals surface area contributed by atoms with E-state index in [0.29, 0.717) is 22.8 Å². The predicted octanol–water partition coefficient (Wildman–Crippen LogP) is 2.35. The Hall–Kier alpha value is -2.86. The Bertz CT molecular complexity index is 718. The van der Waals surface area contributed by atoms with Crippen LogP contribution in [0.1, 0.15) is 16.8 Å². The summed E-state index contributed by atoms with van der Waals surface area (Å²) < 4.78 is 14.7. The number of halogens is 1. The molecule has 19 heavy (non-hydrogen) atoms. The van der Waals surface area contributed by atoms with Gasteiger partial charge in [0.1, 0.15) is 29.3 Å². The van der Waals surface area contributed by atoms with Crippen LogP contribution in [0.2, 0.25) is 0 Å². The summed E-state index contributed by atoms with van der Waals surface area (Å²) in [6.45, 7) is 1.73. The molecule has 1 N–H and O–H groups in total. The second kappa shape index (κ2) is 4.79. The van der Waals surface area contributed by atoms with E-state index in [-0.39, 0.29) is 5.56 Å². The number of nitrogens with zero attached hydrogens (tertiary/aromatic N) is 4. The van der Waals surface area contributed by atoms with Crippen LogP contribution in [-0.4, -0.2) is 9.78 Å². The second-order valence-corrected chi connectivity index (χ2v) is 3.98. The largest absolute Gasteiger partial charge is 0.339 e. The summed E-state index contributed by atoms with van der Waals surface area (Å²) in [6.07, 6.45) is 0. The van der Waals surface area contributed by atoms with Gasteiger partial charge in [0.15, 0.2) is 0 Å². The molecule has 0 aliphatic heterocycles. The zero-order valence-electron chi connectivity index (χ0n) is 10.4. The van der Waals surface area contributed by atoms with Crippen LogP contribution in [0.3, 0.4) is 0 Å². The molecule has 2 rings (SSSR count). The van der Waals surface area contributed by atoms with E-state index in [2.05, 4.69) is 16.5 Å². The van der Waals surface area contributed by atoms with E-state index in [1.807, 2.05) is 0 Å². The third kappa shape index (κ3) is 2.24. The van der Waals surface area contributed by atoms with Crippen LogP contribution in [0.15, 0.2) is 18.2 Å². The highest BCUT2D eigenvalue weighted by molar-refractivity contribution is 5.65. The fourth-order valence-electron chi connectivity index (χ4n) is 1.76. The van der Waals surface area contributed by atoms with E-state index < -0.39 is 5.82 Å². The number of nitriles is 2. The molecule has 0 amide bonds. The summed E-state index contributed by atoms with van der Waals surface area (Å²) in [6, 6.07) is 7.92. The van der Waals surface area contributed by atoms with Crippen molar-refractivity contribution < 1.29 is 4.39 Å². The first-order chi connectivity index (χ1) is 9.06. The topological polar surface area (TPSA) is 77.4 Å². The van der Waals surface area contributed by atoms with Gasteiger partial charge in [-0.25, -0.2) is 4.39 Å². The van der Waals surface area contributed by atoms with Gasteiger partial charge in [0.2, 0.25) is 0 Å². The van der Waals surface area contributed by atoms with Crippen molar-refractivity contribution in [3.63, 3.8) is 0 Å². The fraction of sp³-hybridized carbons (Fsp3) is 0.154. The highest BCUT2D eigenvalue weighted by Gasteiger charge is 2.13.